The van der Waals surface area contributed by atoms with Crippen LogP contribution in [0.2, 0.25) is 0 Å². The Bertz CT molecular complexity index is 530. The number of ether oxygens (including phenoxy) is 1. The molecule has 5 nitrogen and oxygen atoms in total. The number of nitrogens with two attached hydrogens (primary N) is 1. The molecule has 18 heavy (non-hydrogen) atoms. The Morgan fingerprint density at radius 1 is 1.44 bits per heavy atom. The number of aromatic nitrogens is 2. The summed E-state index contributed by atoms with van der Waals surface area (Å²) < 4.78 is 6.47. The van der Waals surface area contributed by atoms with Gasteiger partial charge in [-0.1, -0.05) is 18.2 Å². The van der Waals surface area contributed by atoms with Crippen molar-refractivity contribution in [2.75, 3.05) is 12.3 Å². The summed E-state index contributed by atoms with van der Waals surface area (Å²) in [5.74, 6) is -0.490. The fraction of sp³-hybridized carbons (Fsp3) is 0.182. The first-order valence-corrected chi connectivity index (χ1v) is 5.91. The van der Waals surface area contributed by atoms with Crippen molar-refractivity contribution in [3.63, 3.8) is 0 Å². The van der Waals surface area contributed by atoms with Crippen LogP contribution in [0.1, 0.15) is 17.4 Å². The Morgan fingerprint density at radius 2 is 2.11 bits per heavy atom. The van der Waals surface area contributed by atoms with Crippen molar-refractivity contribution >= 4 is 22.5 Å². The summed E-state index contributed by atoms with van der Waals surface area (Å²) in [4.78, 5) is 11.5. The highest BCUT2D eigenvalue weighted by Gasteiger charge is 2.25. The monoisotopic (exact) mass is 329 g/mol. The Morgan fingerprint density at radius 3 is 2.72 bits per heavy atom. The topological polar surface area (TPSA) is 69.1 Å². The number of hydrogen-bond donors (Lipinski definition) is 1. The molecule has 0 radical (unpaired) electrons. The molecule has 0 saturated carbocycles. The molecule has 7 heteroatoms. The molecule has 0 aliphatic rings. The lowest BCUT2D eigenvalue weighted by Crippen LogP contribution is -3.00. The second-order valence-electron chi connectivity index (χ2n) is 3.23. The third-order valence-electron chi connectivity index (χ3n) is 2.05. The average Bonchev–Trinajstić information content (AvgIpc) is 2.73. The summed E-state index contributed by atoms with van der Waals surface area (Å²) in [6, 6.07) is 9.47. The number of carbonyl (C=O) groups is 1. The van der Waals surface area contributed by atoms with Crippen molar-refractivity contribution in [1.82, 2.24) is 5.10 Å². The lowest BCUT2D eigenvalue weighted by Gasteiger charge is -1.94. The maximum absolute atomic E-state index is 11.5. The van der Waals surface area contributed by atoms with E-state index in [1.54, 1.807) is 11.0 Å². The first-order valence-electron chi connectivity index (χ1n) is 5.14. The van der Waals surface area contributed by atoms with Gasteiger partial charge in [-0.2, -0.15) is 0 Å². The number of para-hydroxylation sites is 1. The molecule has 0 aliphatic carbocycles. The molecule has 0 amide bonds. The minimum atomic E-state index is -0.490. The zero-order valence-corrected chi connectivity index (χ0v) is 12.1. The van der Waals surface area contributed by atoms with E-state index in [1.165, 1.54) is 11.5 Å². The van der Waals surface area contributed by atoms with Crippen LogP contribution in [0, 0.1) is 0 Å². The van der Waals surface area contributed by atoms with Gasteiger partial charge in [0.05, 0.1) is 6.61 Å². The summed E-state index contributed by atoms with van der Waals surface area (Å²) >= 11 is 1.20. The summed E-state index contributed by atoms with van der Waals surface area (Å²) in [5.41, 5.74) is 6.77. The van der Waals surface area contributed by atoms with Crippen LogP contribution in [0.15, 0.2) is 30.3 Å². The molecule has 1 aromatic carbocycles. The van der Waals surface area contributed by atoms with Gasteiger partial charge in [0, 0.05) is 21.3 Å². The van der Waals surface area contributed by atoms with Gasteiger partial charge in [-0.25, -0.2) is 4.79 Å². The summed E-state index contributed by atoms with van der Waals surface area (Å²) in [5, 5.41) is 4.49. The molecule has 1 aromatic heterocycles. The van der Waals surface area contributed by atoms with Crippen LogP contribution in [-0.2, 0) is 4.74 Å². The normalized spacial score (nSPS) is 9.61. The molecule has 0 atom stereocenters. The van der Waals surface area contributed by atoms with Crippen LogP contribution < -0.4 is 26.8 Å². The van der Waals surface area contributed by atoms with E-state index < -0.39 is 5.97 Å². The number of rotatable bonds is 3. The number of benzene rings is 1. The zero-order valence-electron chi connectivity index (χ0n) is 9.67. The summed E-state index contributed by atoms with van der Waals surface area (Å²) in [6.45, 7) is 2.05. The quantitative estimate of drug-likeness (QED) is 0.532. The Labute approximate surface area is 119 Å². The van der Waals surface area contributed by atoms with Gasteiger partial charge in [0.25, 0.3) is 11.4 Å². The second-order valence-corrected chi connectivity index (χ2v) is 4.20. The molecule has 2 rings (SSSR count). The molecule has 0 bridgehead atoms. The maximum atomic E-state index is 11.5. The lowest BCUT2D eigenvalue weighted by molar-refractivity contribution is -0.588. The molecule has 0 saturated heterocycles. The highest BCUT2D eigenvalue weighted by molar-refractivity contribution is 7.06. The third-order valence-corrected chi connectivity index (χ3v) is 2.91. The predicted octanol–water partition coefficient (Wildman–Crippen LogP) is -1.82. The molecule has 1 heterocycles. The molecule has 2 N–H and O–H groups in total. The van der Waals surface area contributed by atoms with Crippen LogP contribution in [0.3, 0.4) is 0 Å². The van der Waals surface area contributed by atoms with Crippen molar-refractivity contribution in [3.8, 4) is 5.69 Å². The van der Waals surface area contributed by atoms with Crippen LogP contribution in [0.4, 0.5) is 5.00 Å². The highest BCUT2D eigenvalue weighted by Crippen LogP contribution is 2.14. The molecule has 2 aromatic rings. The first kappa shape index (κ1) is 14.6. The molecular formula is C11H12BrN3O2S. The second kappa shape index (κ2) is 6.46. The Hall–Kier alpha value is -1.47. The Kier molecular flexibility index (Phi) is 5.24. The van der Waals surface area contributed by atoms with Crippen molar-refractivity contribution in [2.45, 2.75) is 6.92 Å². The van der Waals surface area contributed by atoms with Crippen LogP contribution in [-0.4, -0.2) is 17.7 Å². The smallest absolute Gasteiger partial charge is 0.366 e. The molecular weight excluding hydrogens is 318 g/mol. The predicted molar refractivity (Wildman–Crippen MR) is 64.0 cm³/mol. The zero-order chi connectivity index (χ0) is 12.3. The number of anilines is 1. The van der Waals surface area contributed by atoms with E-state index in [9.17, 15) is 4.79 Å². The summed E-state index contributed by atoms with van der Waals surface area (Å²) in [6.07, 6.45) is 0. The fourth-order valence-electron chi connectivity index (χ4n) is 1.30. The van der Waals surface area contributed by atoms with E-state index in [4.69, 9.17) is 10.5 Å². The van der Waals surface area contributed by atoms with Crippen molar-refractivity contribution in [1.29, 1.82) is 0 Å². The van der Waals surface area contributed by atoms with E-state index in [0.29, 0.717) is 11.6 Å². The van der Waals surface area contributed by atoms with Gasteiger partial charge in [0.2, 0.25) is 0 Å². The van der Waals surface area contributed by atoms with Gasteiger partial charge in [-0.3, -0.25) is 0 Å². The number of nitrogens with zero attached hydrogens (tertiary/aromatic N) is 2. The van der Waals surface area contributed by atoms with Gasteiger partial charge >= 0.3 is 5.97 Å². The fourth-order valence-corrected chi connectivity index (χ4v) is 2.05. The first-order chi connectivity index (χ1) is 8.22. The van der Waals surface area contributed by atoms with Crippen molar-refractivity contribution in [3.05, 3.63) is 36.0 Å². The molecule has 0 aliphatic heterocycles. The largest absolute Gasteiger partial charge is 1.00 e. The van der Waals surface area contributed by atoms with Crippen molar-refractivity contribution in [2.24, 2.45) is 0 Å². The van der Waals surface area contributed by atoms with Crippen LogP contribution >= 0.6 is 11.5 Å². The Balaban J connectivity index is 0.00000162. The lowest BCUT2D eigenvalue weighted by atomic mass is 10.3. The van der Waals surface area contributed by atoms with E-state index in [1.807, 2.05) is 30.3 Å². The van der Waals surface area contributed by atoms with E-state index in [-0.39, 0.29) is 22.7 Å². The van der Waals surface area contributed by atoms with Gasteiger partial charge in [0.1, 0.15) is 0 Å². The number of hydrogen-bond acceptors (Lipinski definition) is 5. The van der Waals surface area contributed by atoms with E-state index in [0.717, 1.165) is 5.69 Å². The van der Waals surface area contributed by atoms with Gasteiger partial charge in [-0.15, -0.1) is 0 Å². The maximum Gasteiger partial charge on any atom is 0.366 e. The van der Waals surface area contributed by atoms with Gasteiger partial charge < -0.3 is 27.5 Å². The molecule has 96 valence electrons. The van der Waals surface area contributed by atoms with Gasteiger partial charge in [-0.05, 0) is 6.92 Å². The third kappa shape index (κ3) is 3.05. The standard InChI is InChI=1S/C11H11N3O2S.BrH/c1-2-16-11(15)9-10(12)17-14(13-9)8-6-4-3-5-7-8;/h3-7,12H,2H2,1H3;1H. The van der Waals surface area contributed by atoms with E-state index in [2.05, 4.69) is 5.10 Å². The summed E-state index contributed by atoms with van der Waals surface area (Å²) in [7, 11) is 0. The number of esters is 1. The number of carbonyl (C=O) groups excluding carboxylic acids is 1. The molecule has 0 fully saturated rings. The molecule has 0 spiro atoms. The minimum Gasteiger partial charge on any atom is -1.00 e. The number of halogens is 1. The molecule has 0 unspecified atom stereocenters. The SMILES string of the molecule is CCOC(=O)c1n[n+](-c2ccccc2)sc1N.[Br-]. The highest BCUT2D eigenvalue weighted by atomic mass is 79.9. The van der Waals surface area contributed by atoms with E-state index >= 15 is 0 Å². The van der Waals surface area contributed by atoms with Crippen molar-refractivity contribution < 1.29 is 30.6 Å². The number of nitrogen functional groups attached to an aromatic ring is 1. The van der Waals surface area contributed by atoms with Gasteiger partial charge in [0.15, 0.2) is 16.5 Å². The average molecular weight is 330 g/mol. The minimum absolute atomic E-state index is 0. The van der Waals surface area contributed by atoms with Crippen LogP contribution in [0.5, 0.6) is 0 Å². The van der Waals surface area contributed by atoms with Crippen LogP contribution in [0.25, 0.3) is 5.69 Å².